The number of carbonyl (C=O) groups excluding carboxylic acids is 1. The van der Waals surface area contributed by atoms with Crippen molar-refractivity contribution in [3.8, 4) is 5.75 Å². The largest absolute Gasteiger partial charge is 0.495 e. The zero-order chi connectivity index (χ0) is 22.1. The molecule has 1 aromatic carbocycles. The summed E-state index contributed by atoms with van der Waals surface area (Å²) in [5, 5.41) is 3.67. The number of methoxy groups -OCH3 is 1. The summed E-state index contributed by atoms with van der Waals surface area (Å²) in [6, 6.07) is 4.22. The highest BCUT2D eigenvalue weighted by Crippen LogP contribution is 2.32. The van der Waals surface area contributed by atoms with Crippen LogP contribution in [-0.4, -0.2) is 49.0 Å². The van der Waals surface area contributed by atoms with Gasteiger partial charge in [-0.3, -0.25) is 0 Å². The first-order valence-corrected chi connectivity index (χ1v) is 11.2. The predicted octanol–water partition coefficient (Wildman–Crippen LogP) is 2.97. The molecule has 0 bridgehead atoms. The van der Waals surface area contributed by atoms with Crippen LogP contribution in [0.15, 0.2) is 27.6 Å². The van der Waals surface area contributed by atoms with E-state index < -0.39 is 22.1 Å². The highest BCUT2D eigenvalue weighted by Gasteiger charge is 2.34. The van der Waals surface area contributed by atoms with Crippen molar-refractivity contribution < 1.29 is 27.2 Å². The fourth-order valence-corrected chi connectivity index (χ4v) is 5.56. The topological polar surface area (TPSA) is 112 Å². The minimum absolute atomic E-state index is 0.0537. The van der Waals surface area contributed by atoms with Crippen LogP contribution in [0.4, 0.5) is 0 Å². The van der Waals surface area contributed by atoms with Crippen molar-refractivity contribution in [1.82, 2.24) is 14.4 Å². The Bertz CT molecular complexity index is 1010. The fourth-order valence-electron chi connectivity index (χ4n) is 3.70. The van der Waals surface area contributed by atoms with Crippen LogP contribution >= 0.6 is 0 Å². The quantitative estimate of drug-likeness (QED) is 0.634. The van der Waals surface area contributed by atoms with Gasteiger partial charge in [-0.05, 0) is 50.3 Å². The lowest BCUT2D eigenvalue weighted by atomic mass is 9.94. The van der Waals surface area contributed by atoms with Crippen LogP contribution < -0.4 is 4.74 Å². The number of aromatic nitrogens is 2. The Kier molecular flexibility index (Phi) is 6.47. The molecule has 0 aliphatic carbocycles. The first-order valence-electron chi connectivity index (χ1n) is 9.81. The van der Waals surface area contributed by atoms with Gasteiger partial charge in [-0.15, -0.1) is 0 Å². The van der Waals surface area contributed by atoms with Gasteiger partial charge in [0, 0.05) is 13.1 Å². The molecule has 0 N–H and O–H groups in total. The summed E-state index contributed by atoms with van der Waals surface area (Å²) < 4.78 is 43.8. The van der Waals surface area contributed by atoms with Crippen LogP contribution in [0.3, 0.4) is 0 Å². The molecule has 3 unspecified atom stereocenters. The Morgan fingerprint density at radius 1 is 1.27 bits per heavy atom. The average molecular weight is 438 g/mol. The summed E-state index contributed by atoms with van der Waals surface area (Å²) in [6.45, 7) is 8.18. The number of rotatable bonds is 6. The fraction of sp³-hybridized carbons (Fsp3) is 0.550. The third-order valence-electron chi connectivity index (χ3n) is 5.03. The molecule has 0 radical (unpaired) electrons. The molecule has 164 valence electrons. The van der Waals surface area contributed by atoms with E-state index in [9.17, 15) is 13.2 Å². The number of nitrogens with zero attached hydrogens (tertiary/aromatic N) is 3. The summed E-state index contributed by atoms with van der Waals surface area (Å²) in [4.78, 5) is 16.6. The molecule has 0 amide bonds. The number of carbonyl (C=O) groups is 1. The van der Waals surface area contributed by atoms with E-state index in [-0.39, 0.29) is 33.9 Å². The van der Waals surface area contributed by atoms with Crippen molar-refractivity contribution >= 4 is 16.0 Å². The van der Waals surface area contributed by atoms with Gasteiger partial charge in [-0.2, -0.15) is 9.29 Å². The van der Waals surface area contributed by atoms with Crippen molar-refractivity contribution in [2.75, 3.05) is 20.2 Å². The molecule has 1 saturated heterocycles. The molecule has 0 saturated carbocycles. The highest BCUT2D eigenvalue weighted by molar-refractivity contribution is 7.89. The van der Waals surface area contributed by atoms with Crippen LogP contribution in [0, 0.1) is 18.8 Å². The molecule has 3 atom stereocenters. The summed E-state index contributed by atoms with van der Waals surface area (Å²) in [7, 11) is -2.45. The second-order valence-electron chi connectivity index (χ2n) is 7.86. The normalized spacial score (nSPS) is 21.2. The number of sulfonamides is 1. The van der Waals surface area contributed by atoms with E-state index in [0.717, 1.165) is 6.42 Å². The van der Waals surface area contributed by atoms with Gasteiger partial charge in [0.05, 0.1) is 12.7 Å². The SMILES string of the molecule is COc1ccc(C(=O)OC(C)c2nc(C)no2)cc1S(=O)(=O)N1CC(C)CC(C)C1. The van der Waals surface area contributed by atoms with Gasteiger partial charge in [0.1, 0.15) is 10.6 Å². The Morgan fingerprint density at radius 2 is 1.93 bits per heavy atom. The molecule has 1 aliphatic rings. The highest BCUT2D eigenvalue weighted by atomic mass is 32.2. The van der Waals surface area contributed by atoms with Gasteiger partial charge < -0.3 is 14.0 Å². The number of benzene rings is 1. The molecule has 1 aromatic heterocycles. The minimum Gasteiger partial charge on any atom is -0.495 e. The number of piperidine rings is 1. The third kappa shape index (κ3) is 4.65. The maximum absolute atomic E-state index is 13.3. The lowest BCUT2D eigenvalue weighted by Gasteiger charge is -2.34. The Hall–Kier alpha value is -2.46. The lowest BCUT2D eigenvalue weighted by molar-refractivity contribution is 0.0265. The van der Waals surface area contributed by atoms with Gasteiger partial charge in [-0.25, -0.2) is 13.2 Å². The predicted molar refractivity (Wildman–Crippen MR) is 108 cm³/mol. The van der Waals surface area contributed by atoms with Crippen LogP contribution in [-0.2, 0) is 14.8 Å². The summed E-state index contributed by atoms with van der Waals surface area (Å²) in [5.41, 5.74) is 0.0931. The molecule has 2 heterocycles. The molecule has 3 rings (SSSR count). The number of hydrogen-bond acceptors (Lipinski definition) is 8. The van der Waals surface area contributed by atoms with Gasteiger partial charge >= 0.3 is 5.97 Å². The second-order valence-corrected chi connectivity index (χ2v) is 9.77. The van der Waals surface area contributed by atoms with Crippen molar-refractivity contribution in [1.29, 1.82) is 0 Å². The Morgan fingerprint density at radius 3 is 2.50 bits per heavy atom. The van der Waals surface area contributed by atoms with Gasteiger partial charge in [-0.1, -0.05) is 19.0 Å². The lowest BCUT2D eigenvalue weighted by Crippen LogP contribution is -2.42. The van der Waals surface area contributed by atoms with E-state index in [2.05, 4.69) is 10.1 Å². The van der Waals surface area contributed by atoms with E-state index in [1.807, 2.05) is 13.8 Å². The van der Waals surface area contributed by atoms with Crippen molar-refractivity contribution in [2.45, 2.75) is 45.1 Å². The van der Waals surface area contributed by atoms with E-state index >= 15 is 0 Å². The van der Waals surface area contributed by atoms with Gasteiger partial charge in [0.25, 0.3) is 5.89 Å². The van der Waals surface area contributed by atoms with Crippen LogP contribution in [0.1, 0.15) is 55.4 Å². The third-order valence-corrected chi connectivity index (χ3v) is 6.88. The van der Waals surface area contributed by atoms with Gasteiger partial charge in [0.2, 0.25) is 10.0 Å². The minimum atomic E-state index is -3.84. The van der Waals surface area contributed by atoms with Crippen LogP contribution in [0.25, 0.3) is 0 Å². The molecule has 2 aromatic rings. The molecule has 10 heteroatoms. The van der Waals surface area contributed by atoms with Crippen molar-refractivity contribution in [3.05, 3.63) is 35.5 Å². The first kappa shape index (κ1) is 22.2. The van der Waals surface area contributed by atoms with E-state index in [4.69, 9.17) is 14.0 Å². The summed E-state index contributed by atoms with van der Waals surface area (Å²) in [5.74, 6) is 0.577. The summed E-state index contributed by atoms with van der Waals surface area (Å²) in [6.07, 6.45) is 0.201. The molecular weight excluding hydrogens is 410 g/mol. The van der Waals surface area contributed by atoms with Crippen molar-refractivity contribution in [2.24, 2.45) is 11.8 Å². The molecule has 0 spiro atoms. The zero-order valence-corrected chi connectivity index (χ0v) is 18.6. The first-order chi connectivity index (χ1) is 14.1. The monoisotopic (exact) mass is 437 g/mol. The Labute approximate surface area is 176 Å². The maximum atomic E-state index is 13.3. The van der Waals surface area contributed by atoms with E-state index in [1.165, 1.54) is 29.6 Å². The average Bonchev–Trinajstić information content (AvgIpc) is 3.13. The Balaban J connectivity index is 1.88. The number of hydrogen-bond donors (Lipinski definition) is 0. The van der Waals surface area contributed by atoms with Gasteiger partial charge in [0.15, 0.2) is 11.9 Å². The van der Waals surface area contributed by atoms with E-state index in [1.54, 1.807) is 13.8 Å². The number of aryl methyl sites for hydroxylation is 1. The number of ether oxygens (including phenoxy) is 2. The summed E-state index contributed by atoms with van der Waals surface area (Å²) >= 11 is 0. The van der Waals surface area contributed by atoms with Crippen LogP contribution in [0.2, 0.25) is 0 Å². The van der Waals surface area contributed by atoms with Crippen molar-refractivity contribution in [3.63, 3.8) is 0 Å². The zero-order valence-electron chi connectivity index (χ0n) is 17.8. The molecular formula is C20H27N3O6S. The van der Waals surface area contributed by atoms with Crippen LogP contribution in [0.5, 0.6) is 5.75 Å². The molecule has 9 nitrogen and oxygen atoms in total. The molecule has 30 heavy (non-hydrogen) atoms. The second kappa shape index (κ2) is 8.73. The smallest absolute Gasteiger partial charge is 0.338 e. The standard InChI is InChI=1S/C20H27N3O6S/c1-12-8-13(2)11-23(10-12)30(25,26)18-9-16(6-7-17(18)27-5)20(24)28-14(3)19-21-15(4)22-29-19/h6-7,9,12-14H,8,10-11H2,1-5H3. The molecule has 1 fully saturated rings. The van der Waals surface area contributed by atoms with E-state index in [0.29, 0.717) is 18.9 Å². The molecule has 1 aliphatic heterocycles. The number of esters is 1. The maximum Gasteiger partial charge on any atom is 0.338 e.